The van der Waals surface area contributed by atoms with Crippen LogP contribution in [0, 0.1) is 10.1 Å². The molecule has 132 valence electrons. The number of quaternary nitrogens is 2. The molecule has 25 heavy (non-hydrogen) atoms. The van der Waals surface area contributed by atoms with Crippen molar-refractivity contribution in [2.45, 2.75) is 18.0 Å². The van der Waals surface area contributed by atoms with Gasteiger partial charge in [0.15, 0.2) is 0 Å². The lowest BCUT2D eigenvalue weighted by Crippen LogP contribution is -3.27. The summed E-state index contributed by atoms with van der Waals surface area (Å²) in [6, 6.07) is 15.9. The number of nitro benzene ring substituents is 1. The lowest BCUT2D eigenvalue weighted by Gasteiger charge is -2.29. The Hall–Kier alpha value is -1.89. The molecule has 1 fully saturated rings. The summed E-state index contributed by atoms with van der Waals surface area (Å²) in [7, 11) is 0. The number of nitrogens with zero attached hydrogens (tertiary/aromatic N) is 1. The molecule has 3 rings (SSSR count). The highest BCUT2D eigenvalue weighted by Gasteiger charge is 2.23. The van der Waals surface area contributed by atoms with Crippen LogP contribution in [0.5, 0.6) is 0 Å². The second-order valence-electron chi connectivity index (χ2n) is 6.63. The molecule has 6 heteroatoms. The number of non-ortho nitro benzene ring substituents is 1. The van der Waals surface area contributed by atoms with Gasteiger partial charge in [-0.15, -0.1) is 11.8 Å². The van der Waals surface area contributed by atoms with E-state index in [2.05, 4.69) is 30.5 Å². The fourth-order valence-electron chi connectivity index (χ4n) is 3.41. The highest BCUT2D eigenvalue weighted by Crippen LogP contribution is 2.14. The maximum Gasteiger partial charge on any atom is 0.269 e. The Balaban J connectivity index is 1.49. The summed E-state index contributed by atoms with van der Waals surface area (Å²) in [6.07, 6.45) is 2.10. The van der Waals surface area contributed by atoms with Crippen molar-refractivity contribution in [3.63, 3.8) is 0 Å². The van der Waals surface area contributed by atoms with E-state index in [-0.39, 0.29) is 10.6 Å². The molecule has 2 aromatic rings. The van der Waals surface area contributed by atoms with E-state index in [9.17, 15) is 10.1 Å². The van der Waals surface area contributed by atoms with Crippen molar-refractivity contribution in [3.8, 4) is 0 Å². The predicted octanol–water partition coefficient (Wildman–Crippen LogP) is 0.800. The predicted molar refractivity (Wildman–Crippen MR) is 100 cm³/mol. The molecule has 1 heterocycles. The van der Waals surface area contributed by atoms with E-state index in [0.29, 0.717) is 0 Å². The van der Waals surface area contributed by atoms with Gasteiger partial charge in [0, 0.05) is 28.2 Å². The van der Waals surface area contributed by atoms with Crippen LogP contribution in [0.3, 0.4) is 0 Å². The summed E-state index contributed by atoms with van der Waals surface area (Å²) in [5.41, 5.74) is 2.64. The molecular weight excluding hydrogens is 334 g/mol. The number of thioether (sulfide) groups is 1. The zero-order valence-corrected chi connectivity index (χ0v) is 15.3. The molecule has 2 N–H and O–H groups in total. The van der Waals surface area contributed by atoms with Crippen molar-refractivity contribution in [2.75, 3.05) is 32.4 Å². The normalized spacial score (nSPS) is 20.4. The minimum atomic E-state index is -0.316. The van der Waals surface area contributed by atoms with Crippen LogP contribution in [0.25, 0.3) is 0 Å². The smallest absolute Gasteiger partial charge is 0.269 e. The summed E-state index contributed by atoms with van der Waals surface area (Å²) in [6.45, 7) is 6.47. The van der Waals surface area contributed by atoms with Gasteiger partial charge in [-0.1, -0.05) is 24.3 Å². The van der Waals surface area contributed by atoms with Crippen LogP contribution in [-0.2, 0) is 13.1 Å². The molecule has 0 amide bonds. The van der Waals surface area contributed by atoms with Crippen molar-refractivity contribution in [1.82, 2.24) is 0 Å². The van der Waals surface area contributed by atoms with Gasteiger partial charge in [0.2, 0.25) is 0 Å². The number of hydrogen-bond donors (Lipinski definition) is 2. The topological polar surface area (TPSA) is 52.0 Å². The number of hydrogen-bond acceptors (Lipinski definition) is 3. The largest absolute Gasteiger partial charge is 0.322 e. The van der Waals surface area contributed by atoms with Crippen LogP contribution in [-0.4, -0.2) is 37.4 Å². The van der Waals surface area contributed by atoms with E-state index in [4.69, 9.17) is 0 Å². The van der Waals surface area contributed by atoms with Crippen molar-refractivity contribution < 1.29 is 14.7 Å². The Labute approximate surface area is 152 Å². The van der Waals surface area contributed by atoms with Gasteiger partial charge in [-0.2, -0.15) is 0 Å². The molecule has 0 radical (unpaired) electrons. The summed E-state index contributed by atoms with van der Waals surface area (Å²) in [5, 5.41) is 10.9. The van der Waals surface area contributed by atoms with Crippen LogP contribution in [0.4, 0.5) is 5.69 Å². The molecule has 0 saturated carbocycles. The highest BCUT2D eigenvalue weighted by molar-refractivity contribution is 7.98. The molecule has 5 nitrogen and oxygen atoms in total. The SMILES string of the molecule is CSc1ccc(C[NH+]2CC[NH+](Cc3cccc([N+](=O)[O-])c3)CC2)cc1. The zero-order valence-electron chi connectivity index (χ0n) is 14.5. The molecule has 1 saturated heterocycles. The number of benzene rings is 2. The molecule has 0 atom stereocenters. The van der Waals surface area contributed by atoms with E-state index in [1.54, 1.807) is 34.9 Å². The zero-order chi connectivity index (χ0) is 17.6. The minimum Gasteiger partial charge on any atom is -0.322 e. The molecule has 2 aromatic carbocycles. The standard InChI is InChI=1S/C19H23N3O2S/c1-25-19-7-5-16(6-8-19)14-20-9-11-21(12-10-20)15-17-3-2-4-18(13-17)22(23)24/h2-8,13H,9-12,14-15H2,1H3/p+2. The second kappa shape index (κ2) is 8.47. The minimum absolute atomic E-state index is 0.190. The number of piperazine rings is 1. The van der Waals surface area contributed by atoms with Crippen molar-refractivity contribution >= 4 is 17.4 Å². The first-order valence-corrected chi connectivity index (χ1v) is 9.90. The van der Waals surface area contributed by atoms with Crippen LogP contribution in [0.15, 0.2) is 53.4 Å². The van der Waals surface area contributed by atoms with Gasteiger partial charge in [0.05, 0.1) is 4.92 Å². The first kappa shape index (κ1) is 17.9. The molecule has 0 spiro atoms. The third-order valence-electron chi connectivity index (χ3n) is 4.85. The van der Waals surface area contributed by atoms with Crippen LogP contribution in [0.1, 0.15) is 11.1 Å². The number of nitrogens with one attached hydrogen (secondary N) is 2. The Bertz CT molecular complexity index is 713. The number of rotatable bonds is 6. The molecule has 1 aliphatic rings. The van der Waals surface area contributed by atoms with Crippen LogP contribution < -0.4 is 9.80 Å². The molecular formula is C19H25N3O2S+2. The fourth-order valence-corrected chi connectivity index (χ4v) is 3.82. The monoisotopic (exact) mass is 359 g/mol. The first-order chi connectivity index (χ1) is 12.1. The van der Waals surface area contributed by atoms with Crippen LogP contribution >= 0.6 is 11.8 Å². The quantitative estimate of drug-likeness (QED) is 0.456. The molecule has 0 aliphatic carbocycles. The molecule has 1 aliphatic heterocycles. The summed E-state index contributed by atoms with van der Waals surface area (Å²) in [5.74, 6) is 0. The van der Waals surface area contributed by atoms with Crippen molar-refractivity contribution in [3.05, 3.63) is 69.8 Å². The maximum atomic E-state index is 10.9. The maximum absolute atomic E-state index is 10.9. The van der Waals surface area contributed by atoms with E-state index in [1.807, 2.05) is 6.07 Å². The van der Waals surface area contributed by atoms with Crippen LogP contribution in [0.2, 0.25) is 0 Å². The Morgan fingerprint density at radius 3 is 2.12 bits per heavy atom. The third-order valence-corrected chi connectivity index (χ3v) is 5.60. The van der Waals surface area contributed by atoms with Gasteiger partial charge in [0.1, 0.15) is 39.3 Å². The van der Waals surface area contributed by atoms with Gasteiger partial charge in [0.25, 0.3) is 5.69 Å². The Kier molecular flexibility index (Phi) is 6.07. The first-order valence-electron chi connectivity index (χ1n) is 8.67. The summed E-state index contributed by atoms with van der Waals surface area (Å²) >= 11 is 1.78. The summed E-state index contributed by atoms with van der Waals surface area (Å²) < 4.78 is 0. The average molecular weight is 359 g/mol. The lowest BCUT2D eigenvalue weighted by molar-refractivity contribution is -1.02. The Morgan fingerprint density at radius 1 is 0.960 bits per heavy atom. The van der Waals surface area contributed by atoms with Gasteiger partial charge < -0.3 is 9.80 Å². The molecule has 0 bridgehead atoms. The van der Waals surface area contributed by atoms with Gasteiger partial charge in [-0.05, 0) is 18.4 Å². The van der Waals surface area contributed by atoms with Gasteiger partial charge >= 0.3 is 0 Å². The fraction of sp³-hybridized carbons (Fsp3) is 0.368. The number of nitro groups is 1. The third kappa shape index (κ3) is 5.04. The van der Waals surface area contributed by atoms with E-state index in [1.165, 1.54) is 15.4 Å². The Morgan fingerprint density at radius 2 is 1.56 bits per heavy atom. The van der Waals surface area contributed by atoms with Gasteiger partial charge in [-0.25, -0.2) is 0 Å². The molecule has 0 unspecified atom stereocenters. The van der Waals surface area contributed by atoms with Gasteiger partial charge in [-0.3, -0.25) is 10.1 Å². The van der Waals surface area contributed by atoms with Crippen molar-refractivity contribution in [1.29, 1.82) is 0 Å². The highest BCUT2D eigenvalue weighted by atomic mass is 32.2. The average Bonchev–Trinajstić information content (AvgIpc) is 2.64. The second-order valence-corrected chi connectivity index (χ2v) is 7.51. The van der Waals surface area contributed by atoms with E-state index in [0.717, 1.165) is 44.8 Å². The van der Waals surface area contributed by atoms with E-state index >= 15 is 0 Å². The van der Waals surface area contributed by atoms with Crippen molar-refractivity contribution in [2.24, 2.45) is 0 Å². The molecule has 0 aromatic heterocycles. The van der Waals surface area contributed by atoms with E-state index < -0.39 is 0 Å². The lowest BCUT2D eigenvalue weighted by atomic mass is 10.1. The summed E-state index contributed by atoms with van der Waals surface area (Å²) in [4.78, 5) is 15.0.